The van der Waals surface area contributed by atoms with E-state index in [0.717, 1.165) is 18.7 Å². The molecule has 0 amide bonds. The lowest BCUT2D eigenvalue weighted by molar-refractivity contribution is 0.0897. The topological polar surface area (TPSA) is 57.9 Å². The van der Waals surface area contributed by atoms with E-state index < -0.39 is 0 Å². The summed E-state index contributed by atoms with van der Waals surface area (Å²) in [6.45, 7) is 4.04. The molecular weight excluding hydrogens is 236 g/mol. The van der Waals surface area contributed by atoms with Gasteiger partial charge in [-0.05, 0) is 37.5 Å². The normalized spacial score (nSPS) is 24.9. The Bertz CT molecular complexity index is 548. The van der Waals surface area contributed by atoms with Crippen LogP contribution in [0.1, 0.15) is 31.7 Å². The first kappa shape index (κ1) is 12.6. The number of rotatable bonds is 3. The number of nitrogens with one attached hydrogen (secondary N) is 1. The Labute approximate surface area is 114 Å². The molecule has 4 nitrogen and oxygen atoms in total. The van der Waals surface area contributed by atoms with Crippen LogP contribution in [0.4, 0.5) is 0 Å². The largest absolute Gasteiger partial charge is 0.346 e. The summed E-state index contributed by atoms with van der Waals surface area (Å²) in [5.74, 6) is 0. The van der Waals surface area contributed by atoms with Gasteiger partial charge in [-0.3, -0.25) is 4.90 Å². The molecule has 2 unspecified atom stereocenters. The van der Waals surface area contributed by atoms with Crippen molar-refractivity contribution in [1.29, 1.82) is 0 Å². The van der Waals surface area contributed by atoms with Gasteiger partial charge in [0.15, 0.2) is 0 Å². The maximum Gasteiger partial charge on any atom is 0.137 e. The molecule has 1 aliphatic rings. The zero-order valence-electron chi connectivity index (χ0n) is 11.5. The van der Waals surface area contributed by atoms with Crippen LogP contribution in [0, 0.1) is 0 Å². The molecule has 2 aromatic rings. The second-order valence-corrected chi connectivity index (χ2v) is 5.56. The lowest BCUT2D eigenvalue weighted by Gasteiger charge is -2.40. The SMILES string of the molecule is CC1CCCC(CN)N1Cc1c[nH]c2ncccc12. The Balaban J connectivity index is 1.86. The molecule has 3 rings (SSSR count). The molecule has 102 valence electrons. The van der Waals surface area contributed by atoms with Crippen LogP contribution in [0.25, 0.3) is 11.0 Å². The highest BCUT2D eigenvalue weighted by atomic mass is 15.2. The second-order valence-electron chi connectivity index (χ2n) is 5.56. The first-order chi connectivity index (χ1) is 9.29. The molecule has 1 saturated heterocycles. The highest BCUT2D eigenvalue weighted by Crippen LogP contribution is 2.26. The number of hydrogen-bond acceptors (Lipinski definition) is 3. The molecular formula is C15H22N4. The number of pyridine rings is 1. The van der Waals surface area contributed by atoms with Gasteiger partial charge in [0.1, 0.15) is 5.65 Å². The molecule has 2 aromatic heterocycles. The number of H-pyrrole nitrogens is 1. The van der Waals surface area contributed by atoms with E-state index >= 15 is 0 Å². The Kier molecular flexibility index (Phi) is 3.53. The molecule has 4 heteroatoms. The molecule has 1 fully saturated rings. The molecule has 3 N–H and O–H groups in total. The number of fused-ring (bicyclic) bond motifs is 1. The average molecular weight is 258 g/mol. The van der Waals surface area contributed by atoms with E-state index in [2.05, 4.69) is 34.1 Å². The van der Waals surface area contributed by atoms with Crippen LogP contribution < -0.4 is 5.73 Å². The third kappa shape index (κ3) is 2.38. The van der Waals surface area contributed by atoms with Gasteiger partial charge >= 0.3 is 0 Å². The predicted octanol–water partition coefficient (Wildman–Crippen LogP) is 2.26. The van der Waals surface area contributed by atoms with E-state index in [-0.39, 0.29) is 0 Å². The van der Waals surface area contributed by atoms with Gasteiger partial charge in [0.25, 0.3) is 0 Å². The number of likely N-dealkylation sites (tertiary alicyclic amines) is 1. The molecule has 0 saturated carbocycles. The van der Waals surface area contributed by atoms with Gasteiger partial charge < -0.3 is 10.7 Å². The van der Waals surface area contributed by atoms with E-state index in [1.807, 2.05) is 12.3 Å². The lowest BCUT2D eigenvalue weighted by Crippen LogP contribution is -2.48. The molecule has 19 heavy (non-hydrogen) atoms. The monoisotopic (exact) mass is 258 g/mol. The van der Waals surface area contributed by atoms with Crippen molar-refractivity contribution in [3.8, 4) is 0 Å². The maximum absolute atomic E-state index is 5.94. The Morgan fingerprint density at radius 3 is 3.21 bits per heavy atom. The fraction of sp³-hybridized carbons (Fsp3) is 0.533. The van der Waals surface area contributed by atoms with Crippen molar-refractivity contribution in [1.82, 2.24) is 14.9 Å². The highest BCUT2D eigenvalue weighted by Gasteiger charge is 2.27. The summed E-state index contributed by atoms with van der Waals surface area (Å²) in [5, 5.41) is 1.23. The first-order valence-corrected chi connectivity index (χ1v) is 7.16. The summed E-state index contributed by atoms with van der Waals surface area (Å²) in [7, 11) is 0. The average Bonchev–Trinajstić information content (AvgIpc) is 2.84. The van der Waals surface area contributed by atoms with E-state index in [1.165, 1.54) is 30.2 Å². The summed E-state index contributed by atoms with van der Waals surface area (Å²) < 4.78 is 0. The maximum atomic E-state index is 5.94. The van der Waals surface area contributed by atoms with Crippen molar-refractivity contribution in [3.05, 3.63) is 30.1 Å². The Hall–Kier alpha value is -1.39. The molecule has 3 heterocycles. The van der Waals surface area contributed by atoms with E-state index in [9.17, 15) is 0 Å². The zero-order valence-corrected chi connectivity index (χ0v) is 11.5. The number of piperidine rings is 1. The van der Waals surface area contributed by atoms with Crippen LogP contribution in [-0.4, -0.2) is 33.5 Å². The van der Waals surface area contributed by atoms with E-state index in [1.54, 1.807) is 0 Å². The van der Waals surface area contributed by atoms with Gasteiger partial charge in [0, 0.05) is 43.0 Å². The zero-order chi connectivity index (χ0) is 13.2. The van der Waals surface area contributed by atoms with Crippen LogP contribution in [0.5, 0.6) is 0 Å². The van der Waals surface area contributed by atoms with E-state index in [4.69, 9.17) is 5.73 Å². The van der Waals surface area contributed by atoms with Crippen LogP contribution in [0.3, 0.4) is 0 Å². The predicted molar refractivity (Wildman–Crippen MR) is 77.8 cm³/mol. The Morgan fingerprint density at radius 1 is 1.47 bits per heavy atom. The minimum absolute atomic E-state index is 0.519. The van der Waals surface area contributed by atoms with Crippen LogP contribution >= 0.6 is 0 Å². The molecule has 0 bridgehead atoms. The summed E-state index contributed by atoms with van der Waals surface area (Å²) in [6.07, 6.45) is 7.72. The number of nitrogens with zero attached hydrogens (tertiary/aromatic N) is 2. The van der Waals surface area contributed by atoms with Gasteiger partial charge in [0.05, 0.1) is 0 Å². The van der Waals surface area contributed by atoms with Gasteiger partial charge in [-0.2, -0.15) is 0 Å². The standard InChI is InChI=1S/C15H22N4/c1-11-4-2-5-13(8-16)19(11)10-12-9-18-15-14(12)6-3-7-17-15/h3,6-7,9,11,13H,2,4-5,8,10,16H2,1H3,(H,17,18). The van der Waals surface area contributed by atoms with Crippen molar-refractivity contribution >= 4 is 11.0 Å². The summed E-state index contributed by atoms with van der Waals surface area (Å²) in [6, 6.07) is 5.27. The van der Waals surface area contributed by atoms with Crippen molar-refractivity contribution < 1.29 is 0 Å². The first-order valence-electron chi connectivity index (χ1n) is 7.16. The third-order valence-electron chi connectivity index (χ3n) is 4.36. The molecule has 0 radical (unpaired) electrons. The highest BCUT2D eigenvalue weighted by molar-refractivity contribution is 5.79. The molecule has 1 aliphatic heterocycles. The van der Waals surface area contributed by atoms with Crippen molar-refractivity contribution in [3.63, 3.8) is 0 Å². The molecule has 0 spiro atoms. The number of nitrogens with two attached hydrogens (primary N) is 1. The number of hydrogen-bond donors (Lipinski definition) is 2. The molecule has 0 aliphatic carbocycles. The summed E-state index contributed by atoms with van der Waals surface area (Å²) in [5.41, 5.74) is 8.24. The number of aromatic nitrogens is 2. The quantitative estimate of drug-likeness (QED) is 0.888. The van der Waals surface area contributed by atoms with Gasteiger partial charge in [-0.15, -0.1) is 0 Å². The van der Waals surface area contributed by atoms with Crippen LogP contribution in [0.15, 0.2) is 24.5 Å². The van der Waals surface area contributed by atoms with E-state index in [0.29, 0.717) is 12.1 Å². The minimum atomic E-state index is 0.519. The fourth-order valence-electron chi connectivity index (χ4n) is 3.22. The second kappa shape index (κ2) is 5.31. The van der Waals surface area contributed by atoms with Gasteiger partial charge in [0.2, 0.25) is 0 Å². The third-order valence-corrected chi connectivity index (χ3v) is 4.36. The lowest BCUT2D eigenvalue weighted by atomic mass is 9.95. The fourth-order valence-corrected chi connectivity index (χ4v) is 3.22. The number of aromatic amines is 1. The van der Waals surface area contributed by atoms with Gasteiger partial charge in [-0.25, -0.2) is 4.98 Å². The smallest absolute Gasteiger partial charge is 0.137 e. The van der Waals surface area contributed by atoms with Gasteiger partial charge in [-0.1, -0.05) is 6.42 Å². The minimum Gasteiger partial charge on any atom is -0.346 e. The molecule has 0 aromatic carbocycles. The van der Waals surface area contributed by atoms with Crippen molar-refractivity contribution in [2.45, 2.75) is 44.8 Å². The Morgan fingerprint density at radius 2 is 2.37 bits per heavy atom. The summed E-state index contributed by atoms with van der Waals surface area (Å²) >= 11 is 0. The van der Waals surface area contributed by atoms with Crippen molar-refractivity contribution in [2.75, 3.05) is 6.54 Å². The van der Waals surface area contributed by atoms with Crippen LogP contribution in [-0.2, 0) is 6.54 Å². The van der Waals surface area contributed by atoms with Crippen LogP contribution in [0.2, 0.25) is 0 Å². The molecule has 2 atom stereocenters. The van der Waals surface area contributed by atoms with Crippen molar-refractivity contribution in [2.24, 2.45) is 5.73 Å². The summed E-state index contributed by atoms with van der Waals surface area (Å²) in [4.78, 5) is 10.2.